The third kappa shape index (κ3) is 1.80. The van der Waals surface area contributed by atoms with Gasteiger partial charge in [-0.05, 0) is 12.8 Å². The van der Waals surface area contributed by atoms with Gasteiger partial charge in [0.05, 0.1) is 6.61 Å². The number of carbonyl (C=O) groups excluding carboxylic acids is 1. The first kappa shape index (κ1) is 8.72. The highest BCUT2D eigenvalue weighted by molar-refractivity contribution is 5.84. The van der Waals surface area contributed by atoms with Crippen LogP contribution in [-0.2, 0) is 4.79 Å². The Morgan fingerprint density at radius 2 is 2.18 bits per heavy atom. The molecule has 0 amide bonds. The second-order valence-corrected chi connectivity index (χ2v) is 3.70. The van der Waals surface area contributed by atoms with Gasteiger partial charge >= 0.3 is 0 Å². The van der Waals surface area contributed by atoms with Crippen LogP contribution in [0.15, 0.2) is 0 Å². The van der Waals surface area contributed by atoms with Crippen LogP contribution in [0, 0.1) is 5.41 Å². The standard InChI is InChI=1S/C9H16O2/c1-9(7-10)6-4-2-3-5-8(9)11/h10H,2-7H2,1H3/t9-/m0/s1. The average Bonchev–Trinajstić information content (AvgIpc) is 2.16. The van der Waals surface area contributed by atoms with Crippen molar-refractivity contribution in [3.05, 3.63) is 0 Å². The minimum absolute atomic E-state index is 0.0197. The number of aliphatic hydroxyl groups is 1. The van der Waals surface area contributed by atoms with Gasteiger partial charge in [0.1, 0.15) is 5.78 Å². The normalized spacial score (nSPS) is 33.5. The number of rotatable bonds is 1. The van der Waals surface area contributed by atoms with E-state index < -0.39 is 5.41 Å². The van der Waals surface area contributed by atoms with E-state index in [0.717, 1.165) is 25.7 Å². The zero-order valence-corrected chi connectivity index (χ0v) is 7.10. The molecule has 0 saturated heterocycles. The van der Waals surface area contributed by atoms with Crippen molar-refractivity contribution in [1.82, 2.24) is 0 Å². The molecule has 64 valence electrons. The molecule has 0 unspecified atom stereocenters. The molecule has 1 rings (SSSR count). The molecular weight excluding hydrogens is 140 g/mol. The van der Waals surface area contributed by atoms with Gasteiger partial charge in [0.25, 0.3) is 0 Å². The van der Waals surface area contributed by atoms with E-state index >= 15 is 0 Å². The molecule has 1 fully saturated rings. The lowest BCUT2D eigenvalue weighted by Gasteiger charge is -2.22. The zero-order chi connectivity index (χ0) is 8.32. The van der Waals surface area contributed by atoms with Gasteiger partial charge < -0.3 is 5.11 Å². The van der Waals surface area contributed by atoms with Crippen molar-refractivity contribution in [2.24, 2.45) is 5.41 Å². The summed E-state index contributed by atoms with van der Waals surface area (Å²) in [5.41, 5.74) is -0.420. The smallest absolute Gasteiger partial charge is 0.141 e. The third-order valence-corrected chi connectivity index (χ3v) is 2.65. The predicted octanol–water partition coefficient (Wildman–Crippen LogP) is 1.52. The fourth-order valence-electron chi connectivity index (χ4n) is 1.59. The number of carbonyl (C=O) groups is 1. The Morgan fingerprint density at radius 1 is 1.45 bits per heavy atom. The van der Waals surface area contributed by atoms with E-state index in [9.17, 15) is 4.79 Å². The minimum Gasteiger partial charge on any atom is -0.395 e. The van der Waals surface area contributed by atoms with E-state index in [4.69, 9.17) is 5.11 Å². The fraction of sp³-hybridized carbons (Fsp3) is 0.889. The predicted molar refractivity (Wildman–Crippen MR) is 43.3 cm³/mol. The maximum absolute atomic E-state index is 11.4. The van der Waals surface area contributed by atoms with E-state index in [-0.39, 0.29) is 12.4 Å². The molecule has 0 heterocycles. The maximum atomic E-state index is 11.4. The van der Waals surface area contributed by atoms with Gasteiger partial charge in [-0.1, -0.05) is 19.8 Å². The van der Waals surface area contributed by atoms with E-state index in [2.05, 4.69) is 0 Å². The Morgan fingerprint density at radius 3 is 2.82 bits per heavy atom. The molecule has 0 radical (unpaired) electrons. The van der Waals surface area contributed by atoms with E-state index in [0.29, 0.717) is 6.42 Å². The van der Waals surface area contributed by atoms with Gasteiger partial charge in [0, 0.05) is 11.8 Å². The van der Waals surface area contributed by atoms with Crippen molar-refractivity contribution < 1.29 is 9.90 Å². The Hall–Kier alpha value is -0.370. The SMILES string of the molecule is C[C@@]1(CO)CCCCCC1=O. The molecule has 2 heteroatoms. The fourth-order valence-corrected chi connectivity index (χ4v) is 1.59. The quantitative estimate of drug-likeness (QED) is 0.584. The van der Waals surface area contributed by atoms with E-state index in [1.54, 1.807) is 0 Å². The molecule has 1 N–H and O–H groups in total. The van der Waals surface area contributed by atoms with Gasteiger partial charge in [-0.3, -0.25) is 4.79 Å². The van der Waals surface area contributed by atoms with Crippen molar-refractivity contribution in [2.75, 3.05) is 6.61 Å². The van der Waals surface area contributed by atoms with Gasteiger partial charge in [-0.25, -0.2) is 0 Å². The maximum Gasteiger partial charge on any atom is 0.141 e. The summed E-state index contributed by atoms with van der Waals surface area (Å²) < 4.78 is 0. The Kier molecular flexibility index (Phi) is 2.66. The van der Waals surface area contributed by atoms with Gasteiger partial charge in [0.2, 0.25) is 0 Å². The second kappa shape index (κ2) is 3.35. The third-order valence-electron chi connectivity index (χ3n) is 2.65. The molecule has 0 spiro atoms. The largest absolute Gasteiger partial charge is 0.395 e. The monoisotopic (exact) mass is 156 g/mol. The Labute approximate surface area is 67.6 Å². The number of aliphatic hydroxyl groups excluding tert-OH is 1. The van der Waals surface area contributed by atoms with Crippen molar-refractivity contribution in [3.8, 4) is 0 Å². The second-order valence-electron chi connectivity index (χ2n) is 3.70. The Bertz CT molecular complexity index is 154. The van der Waals surface area contributed by atoms with Gasteiger partial charge in [-0.15, -0.1) is 0 Å². The van der Waals surface area contributed by atoms with E-state index in [1.807, 2.05) is 6.92 Å². The van der Waals surface area contributed by atoms with Crippen LogP contribution >= 0.6 is 0 Å². The summed E-state index contributed by atoms with van der Waals surface area (Å²) in [6.45, 7) is 1.90. The lowest BCUT2D eigenvalue weighted by atomic mass is 9.82. The van der Waals surface area contributed by atoms with Crippen LogP contribution in [0.5, 0.6) is 0 Å². The van der Waals surface area contributed by atoms with Crippen LogP contribution < -0.4 is 0 Å². The molecule has 2 nitrogen and oxygen atoms in total. The van der Waals surface area contributed by atoms with Crippen LogP contribution in [0.1, 0.15) is 39.0 Å². The van der Waals surface area contributed by atoms with Gasteiger partial charge in [0.15, 0.2) is 0 Å². The molecule has 11 heavy (non-hydrogen) atoms. The highest BCUT2D eigenvalue weighted by atomic mass is 16.3. The lowest BCUT2D eigenvalue weighted by Crippen LogP contribution is -2.30. The van der Waals surface area contributed by atoms with E-state index in [1.165, 1.54) is 0 Å². The molecular formula is C9H16O2. The highest BCUT2D eigenvalue weighted by Gasteiger charge is 2.32. The molecule has 0 aromatic carbocycles. The topological polar surface area (TPSA) is 37.3 Å². The number of Topliss-reactive ketones (excluding diaryl/α,β-unsaturated/α-hetero) is 1. The first-order valence-corrected chi connectivity index (χ1v) is 4.33. The van der Waals surface area contributed by atoms with Crippen molar-refractivity contribution >= 4 is 5.78 Å². The van der Waals surface area contributed by atoms with Crippen molar-refractivity contribution in [1.29, 1.82) is 0 Å². The van der Waals surface area contributed by atoms with Crippen molar-refractivity contribution in [2.45, 2.75) is 39.0 Å². The first-order chi connectivity index (χ1) is 5.19. The van der Waals surface area contributed by atoms with Crippen LogP contribution in [0.25, 0.3) is 0 Å². The summed E-state index contributed by atoms with van der Waals surface area (Å²) in [7, 11) is 0. The van der Waals surface area contributed by atoms with Crippen LogP contribution in [-0.4, -0.2) is 17.5 Å². The number of ketones is 1. The first-order valence-electron chi connectivity index (χ1n) is 4.33. The van der Waals surface area contributed by atoms with Crippen molar-refractivity contribution in [3.63, 3.8) is 0 Å². The summed E-state index contributed by atoms with van der Waals surface area (Å²) in [6.07, 6.45) is 4.76. The zero-order valence-electron chi connectivity index (χ0n) is 7.10. The summed E-state index contributed by atoms with van der Waals surface area (Å²) in [6, 6.07) is 0. The molecule has 0 bridgehead atoms. The number of hydrogen-bond donors (Lipinski definition) is 1. The molecule has 1 aliphatic carbocycles. The molecule has 0 aliphatic heterocycles. The Balaban J connectivity index is 2.66. The minimum atomic E-state index is -0.420. The van der Waals surface area contributed by atoms with Gasteiger partial charge in [-0.2, -0.15) is 0 Å². The summed E-state index contributed by atoms with van der Waals surface area (Å²) in [5.74, 6) is 0.248. The lowest BCUT2D eigenvalue weighted by molar-refractivity contribution is -0.129. The molecule has 1 aliphatic rings. The van der Waals surface area contributed by atoms with Crippen LogP contribution in [0.2, 0.25) is 0 Å². The van der Waals surface area contributed by atoms with Crippen LogP contribution in [0.4, 0.5) is 0 Å². The van der Waals surface area contributed by atoms with Crippen LogP contribution in [0.3, 0.4) is 0 Å². The summed E-state index contributed by atoms with van der Waals surface area (Å²) >= 11 is 0. The molecule has 1 atom stereocenters. The highest BCUT2D eigenvalue weighted by Crippen LogP contribution is 2.30. The summed E-state index contributed by atoms with van der Waals surface area (Å²) in [5, 5.41) is 9.02. The molecule has 0 aromatic heterocycles. The summed E-state index contributed by atoms with van der Waals surface area (Å²) in [4.78, 5) is 11.4. The number of hydrogen-bond acceptors (Lipinski definition) is 2. The molecule has 0 aromatic rings. The molecule has 1 saturated carbocycles. The average molecular weight is 156 g/mol.